The quantitative estimate of drug-likeness (QED) is 0.0177. The molecule has 5 aliphatic rings. The van der Waals surface area contributed by atoms with E-state index in [9.17, 15) is 46.8 Å². The van der Waals surface area contributed by atoms with Gasteiger partial charge < -0.3 is 56.5 Å². The number of nitrogens with zero attached hydrogens (tertiary/aromatic N) is 6. The van der Waals surface area contributed by atoms with Crippen molar-refractivity contribution in [2.75, 3.05) is 61.2 Å². The van der Waals surface area contributed by atoms with E-state index in [1.807, 2.05) is 40.8 Å². The van der Waals surface area contributed by atoms with Crippen LogP contribution in [0.2, 0.25) is 0 Å². The van der Waals surface area contributed by atoms with Gasteiger partial charge in [-0.1, -0.05) is 63.3 Å². The SMILES string of the molecule is Cc1c(-c2ccc(N3CCc4c(OCCCS(=O)(=O)O)ccc(C(=O)Nc5nc6ccccc6s5)c4C3)nc2C(=O)O)cnn1CC12CC3(C)CC(C)(C1)CC(OCCN(C)C(=O)OCc1ccc(NC(=O)[C@H](CCCNC(N)=O)NC(=O)[C@@H](N)C(C)C)cc1)(C3)C2. The van der Waals surface area contributed by atoms with Gasteiger partial charge in [-0.25, -0.2) is 24.4 Å². The Balaban J connectivity index is 0.772. The molecule has 25 nitrogen and oxygen atoms in total. The van der Waals surface area contributed by atoms with Gasteiger partial charge in [0.25, 0.3) is 16.0 Å². The first-order valence-corrected chi connectivity index (χ1v) is 33.5. The summed E-state index contributed by atoms with van der Waals surface area (Å²) in [5.41, 5.74) is 15.9. The Morgan fingerprint density at radius 2 is 1.60 bits per heavy atom. The summed E-state index contributed by atoms with van der Waals surface area (Å²) >= 11 is 1.35. The summed E-state index contributed by atoms with van der Waals surface area (Å²) in [4.78, 5) is 90.8. The molecule has 3 aromatic carbocycles. The predicted octanol–water partition coefficient (Wildman–Crippen LogP) is 8.29. The number of likely N-dealkylation sites (N-methyl/N-ethyl adjacent to an activating group) is 1. The fraction of sp³-hybridized carbons (Fsp3) is 0.492. The Morgan fingerprint density at radius 3 is 2.29 bits per heavy atom. The molecule has 6 amide bonds. The highest BCUT2D eigenvalue weighted by Gasteiger charge is 2.66. The number of rotatable bonds is 27. The number of aromatic carboxylic acids is 1. The lowest BCUT2D eigenvalue weighted by Gasteiger charge is -2.69. The Labute approximate surface area is 538 Å². The second-order valence-electron chi connectivity index (χ2n) is 26.5. The third-order valence-electron chi connectivity index (χ3n) is 18.2. The molecule has 4 aliphatic carbocycles. The van der Waals surface area contributed by atoms with Crippen molar-refractivity contribution in [1.82, 2.24) is 35.3 Å². The molecule has 4 saturated carbocycles. The molecule has 6 aromatic rings. The van der Waals surface area contributed by atoms with E-state index in [2.05, 4.69) is 40.1 Å². The standard InChI is InChI=1S/C65H82N12O13S2/c1-39(2)53(66)57(80)71-49(12-9-23-68-59(67)83)56(79)70-42-16-14-41(15-17-42)31-89-61(84)75(6)25-27-90-65-35-62(4)32-63(5,36-65)34-64(33-62,37-65)38-77-40(3)46(29-69-77)44-19-21-52(73-54(44)58(81)82)76-24-22-43-47(30-76)45(18-20-50(43)88-26-10-28-92(85,86)87)55(78)74-60-72-48-11-7-8-13-51(48)91-60/h7-8,11,13-21,29,39,49,53H,9-10,12,22-28,30-38,66H2,1-6H3,(H,70,79)(H,71,80)(H,81,82)(H3,67,68,83)(H,72,74,78)(H,85,86,87)/t49-,53-,62?,63?,64?,65?/m0/s1. The van der Waals surface area contributed by atoms with Gasteiger partial charge in [-0.15, -0.1) is 0 Å². The van der Waals surface area contributed by atoms with Crippen molar-refractivity contribution in [3.63, 3.8) is 0 Å². The number of carbonyl (C=O) groups excluding carboxylic acids is 5. The maximum Gasteiger partial charge on any atom is 0.409 e. The fourth-order valence-electron chi connectivity index (χ4n) is 15.1. The summed E-state index contributed by atoms with van der Waals surface area (Å²) < 4.78 is 53.8. The number of anilines is 3. The highest BCUT2D eigenvalue weighted by atomic mass is 32.2. The maximum absolute atomic E-state index is 14.1. The minimum absolute atomic E-state index is 0.00548. The summed E-state index contributed by atoms with van der Waals surface area (Å²) in [6.07, 6.45) is 7.80. The van der Waals surface area contributed by atoms with Gasteiger partial charge in [-0.3, -0.25) is 28.9 Å². The van der Waals surface area contributed by atoms with Crippen LogP contribution in [0.15, 0.2) is 79.0 Å². The number of fused-ring (bicyclic) bond motifs is 2. The summed E-state index contributed by atoms with van der Waals surface area (Å²) in [5, 5.41) is 27.2. The van der Waals surface area contributed by atoms with Crippen LogP contribution < -0.4 is 42.4 Å². The zero-order valence-corrected chi connectivity index (χ0v) is 54.3. The number of thiazole rings is 1. The number of carboxylic acid groups (broad SMARTS) is 1. The number of aromatic nitrogens is 4. The summed E-state index contributed by atoms with van der Waals surface area (Å²) in [5.74, 6) is -2.30. The van der Waals surface area contributed by atoms with Crippen LogP contribution in [0, 0.1) is 29.1 Å². The predicted molar refractivity (Wildman–Crippen MR) is 347 cm³/mol. The Morgan fingerprint density at radius 1 is 0.859 bits per heavy atom. The lowest BCUT2D eigenvalue weighted by Crippen LogP contribution is -2.64. The van der Waals surface area contributed by atoms with Crippen LogP contribution in [0.4, 0.5) is 26.2 Å². The van der Waals surface area contributed by atoms with Crippen molar-refractivity contribution < 1.29 is 61.1 Å². The lowest BCUT2D eigenvalue weighted by molar-refractivity contribution is -0.248. The number of primary amides is 1. The molecular weight excluding hydrogens is 1220 g/mol. The molecule has 3 aromatic heterocycles. The number of nitrogens with one attached hydrogen (secondary N) is 4. The number of ether oxygens (including phenoxy) is 3. The number of para-hydroxylation sites is 1. The first-order valence-electron chi connectivity index (χ1n) is 31.0. The number of hydrogen-bond acceptors (Lipinski definition) is 17. The van der Waals surface area contributed by atoms with Gasteiger partial charge in [-0.2, -0.15) is 13.5 Å². The van der Waals surface area contributed by atoms with Gasteiger partial charge in [0, 0.05) is 73.4 Å². The van der Waals surface area contributed by atoms with Crippen LogP contribution in [0.25, 0.3) is 21.3 Å². The van der Waals surface area contributed by atoms with E-state index in [0.29, 0.717) is 89.3 Å². The highest BCUT2D eigenvalue weighted by molar-refractivity contribution is 7.85. The number of benzene rings is 3. The van der Waals surface area contributed by atoms with Gasteiger partial charge in [0.15, 0.2) is 10.8 Å². The third kappa shape index (κ3) is 15.6. The minimum atomic E-state index is -4.19. The van der Waals surface area contributed by atoms with Gasteiger partial charge in [0.1, 0.15) is 24.2 Å². The average molecular weight is 1300 g/mol. The maximum atomic E-state index is 14.1. The van der Waals surface area contributed by atoms with E-state index in [-0.39, 0.29) is 67.0 Å². The van der Waals surface area contributed by atoms with E-state index in [0.717, 1.165) is 60.0 Å². The molecule has 0 saturated heterocycles. The summed E-state index contributed by atoms with van der Waals surface area (Å²) in [6.45, 7) is 12.2. The molecule has 92 heavy (non-hydrogen) atoms. The molecule has 0 radical (unpaired) electrons. The zero-order chi connectivity index (χ0) is 65.9. The van der Waals surface area contributed by atoms with Crippen LogP contribution in [0.5, 0.6) is 5.75 Å². The average Bonchev–Trinajstić information content (AvgIpc) is 0.858. The monoisotopic (exact) mass is 1300 g/mol. The van der Waals surface area contributed by atoms with Crippen molar-refractivity contribution in [3.8, 4) is 16.9 Å². The number of hydrogen-bond donors (Lipinski definition) is 8. The molecule has 4 atom stereocenters. The van der Waals surface area contributed by atoms with Crippen molar-refractivity contribution in [2.24, 2.45) is 33.6 Å². The van der Waals surface area contributed by atoms with E-state index >= 15 is 0 Å². The summed E-state index contributed by atoms with van der Waals surface area (Å²) in [7, 11) is -2.52. The van der Waals surface area contributed by atoms with Crippen LogP contribution >= 0.6 is 11.3 Å². The first-order chi connectivity index (χ1) is 43.6. The van der Waals surface area contributed by atoms with Crippen molar-refractivity contribution in [3.05, 3.63) is 113 Å². The number of carboxylic acids is 1. The third-order valence-corrected chi connectivity index (χ3v) is 20.0. The van der Waals surface area contributed by atoms with E-state index in [1.54, 1.807) is 75.6 Å². The number of pyridine rings is 1. The van der Waals surface area contributed by atoms with Gasteiger partial charge in [0.2, 0.25) is 11.8 Å². The number of amides is 6. The molecule has 27 heteroatoms. The van der Waals surface area contributed by atoms with E-state index in [1.165, 1.54) is 16.2 Å². The Kier molecular flexibility index (Phi) is 19.7. The van der Waals surface area contributed by atoms with Gasteiger partial charge in [0.05, 0.1) is 47.0 Å². The first kappa shape index (κ1) is 66.7. The lowest BCUT2D eigenvalue weighted by atomic mass is 9.39. The molecular formula is C65H82N12O13S2. The largest absolute Gasteiger partial charge is 0.493 e. The molecule has 11 rings (SSSR count). The normalized spacial score (nSPS) is 21.3. The number of carbonyl (C=O) groups is 6. The number of nitrogens with two attached hydrogens (primary N) is 2. The molecule has 4 bridgehead atoms. The van der Waals surface area contributed by atoms with Crippen LogP contribution in [0.3, 0.4) is 0 Å². The van der Waals surface area contributed by atoms with Gasteiger partial charge in [-0.05, 0) is 153 Å². The second kappa shape index (κ2) is 27.1. The molecule has 1 aliphatic heterocycles. The van der Waals surface area contributed by atoms with Crippen molar-refractivity contribution >= 4 is 84.1 Å². The zero-order valence-electron chi connectivity index (χ0n) is 52.7. The molecule has 4 fully saturated rings. The van der Waals surface area contributed by atoms with Crippen molar-refractivity contribution in [1.29, 1.82) is 0 Å². The molecule has 0 spiro atoms. The van der Waals surface area contributed by atoms with Crippen LogP contribution in [-0.4, -0.2) is 142 Å². The molecule has 2 unspecified atom stereocenters. The Bertz CT molecular complexity index is 3840. The second-order valence-corrected chi connectivity index (χ2v) is 29.1. The van der Waals surface area contributed by atoms with E-state index < -0.39 is 69.4 Å². The minimum Gasteiger partial charge on any atom is -0.493 e. The fourth-order valence-corrected chi connectivity index (χ4v) is 16.4. The molecule has 492 valence electrons. The van der Waals surface area contributed by atoms with Crippen LogP contribution in [0.1, 0.15) is 129 Å². The van der Waals surface area contributed by atoms with E-state index in [4.69, 9.17) is 35.8 Å². The molecule has 10 N–H and O–H groups in total. The van der Waals surface area contributed by atoms with Crippen molar-refractivity contribution in [2.45, 2.75) is 136 Å². The number of urea groups is 1. The van der Waals surface area contributed by atoms with Crippen LogP contribution in [-0.2, 0) is 55.3 Å². The van der Waals surface area contributed by atoms with Gasteiger partial charge >= 0.3 is 18.1 Å². The Hall–Kier alpha value is -8.24. The molecule has 4 heterocycles. The summed E-state index contributed by atoms with van der Waals surface area (Å²) in [6, 6.07) is 18.8. The smallest absolute Gasteiger partial charge is 0.409 e. The topological polar surface area (TPSA) is 355 Å². The highest BCUT2D eigenvalue weighted by Crippen LogP contribution is 2.72.